The summed E-state index contributed by atoms with van der Waals surface area (Å²) in [5.41, 5.74) is 5.68. The van der Waals surface area contributed by atoms with Crippen molar-refractivity contribution in [3.63, 3.8) is 0 Å². The van der Waals surface area contributed by atoms with Gasteiger partial charge >= 0.3 is 6.09 Å². The molecule has 7 nitrogen and oxygen atoms in total. The van der Waals surface area contributed by atoms with Crippen LogP contribution in [0.25, 0.3) is 11.1 Å². The molecule has 1 atom stereocenters. The molecule has 0 spiro atoms. The number of rotatable bonds is 11. The van der Waals surface area contributed by atoms with Crippen LogP contribution < -0.4 is 15.7 Å². The molecule has 0 saturated carbocycles. The van der Waals surface area contributed by atoms with Crippen LogP contribution in [0.5, 0.6) is 0 Å². The molecule has 5 aromatic rings. The van der Waals surface area contributed by atoms with Gasteiger partial charge in [-0.3, -0.25) is 4.79 Å². The van der Waals surface area contributed by atoms with E-state index in [1.54, 1.807) is 0 Å². The number of carbonyl (C=O) groups excluding carboxylic acids is 3. The number of carboxylic acid groups (broad SMARTS) is 1. The molecule has 0 saturated heterocycles. The van der Waals surface area contributed by atoms with E-state index < -0.39 is 36.0 Å². The largest absolute Gasteiger partial charge is 0.550 e. The molecule has 0 radical (unpaired) electrons. The second-order valence-electron chi connectivity index (χ2n) is 11.3. The molecule has 0 heterocycles. The van der Waals surface area contributed by atoms with Gasteiger partial charge < -0.3 is 25.3 Å². The molecular weight excluding hydrogens is 576 g/mol. The highest BCUT2D eigenvalue weighted by Gasteiger charge is 2.38. The molecule has 5 aromatic carbocycles. The van der Waals surface area contributed by atoms with E-state index in [9.17, 15) is 19.5 Å². The summed E-state index contributed by atoms with van der Waals surface area (Å²) in [6.45, 7) is 0.0588. The Morgan fingerprint density at radius 2 is 1.07 bits per heavy atom. The highest BCUT2D eigenvalue weighted by Crippen LogP contribution is 2.44. The van der Waals surface area contributed by atoms with Crippen LogP contribution in [0, 0.1) is 0 Å². The van der Waals surface area contributed by atoms with E-state index in [1.807, 2.05) is 140 Å². The Labute approximate surface area is 267 Å². The minimum Gasteiger partial charge on any atom is -0.550 e. The van der Waals surface area contributed by atoms with Crippen LogP contribution in [0.1, 0.15) is 46.6 Å². The van der Waals surface area contributed by atoms with Gasteiger partial charge in [0.25, 0.3) is 0 Å². The number of hydrogen-bond acceptors (Lipinski definition) is 5. The molecule has 0 aliphatic heterocycles. The molecule has 0 fully saturated rings. The average molecular weight is 610 g/mol. The Morgan fingerprint density at radius 3 is 1.52 bits per heavy atom. The lowest BCUT2D eigenvalue weighted by Gasteiger charge is -2.37. The second-order valence-corrected chi connectivity index (χ2v) is 11.3. The van der Waals surface area contributed by atoms with Crippen molar-refractivity contribution >= 4 is 18.0 Å². The van der Waals surface area contributed by atoms with E-state index in [2.05, 4.69) is 10.6 Å². The van der Waals surface area contributed by atoms with Crippen LogP contribution >= 0.6 is 0 Å². The predicted molar refractivity (Wildman–Crippen MR) is 174 cm³/mol. The van der Waals surface area contributed by atoms with Gasteiger partial charge in [0.2, 0.25) is 5.91 Å². The molecule has 0 unspecified atom stereocenters. The van der Waals surface area contributed by atoms with Crippen LogP contribution in [-0.4, -0.2) is 30.6 Å². The summed E-state index contributed by atoms with van der Waals surface area (Å²) in [6, 6.07) is 43.7. The summed E-state index contributed by atoms with van der Waals surface area (Å²) >= 11 is 0. The first-order chi connectivity index (χ1) is 22.5. The quantitative estimate of drug-likeness (QED) is 0.192. The average Bonchev–Trinajstić information content (AvgIpc) is 3.40. The zero-order valence-corrected chi connectivity index (χ0v) is 25.1. The Balaban J connectivity index is 1.22. The summed E-state index contributed by atoms with van der Waals surface area (Å²) in [6.07, 6.45) is -1.68. The minimum absolute atomic E-state index is 0.0588. The first kappa shape index (κ1) is 30.3. The van der Waals surface area contributed by atoms with Gasteiger partial charge in [-0.25, -0.2) is 4.79 Å². The van der Waals surface area contributed by atoms with Gasteiger partial charge in [-0.2, -0.15) is 0 Å². The molecule has 7 heteroatoms. The molecule has 2 amide bonds. The van der Waals surface area contributed by atoms with Gasteiger partial charge in [-0.1, -0.05) is 140 Å². The molecule has 1 aliphatic carbocycles. The number of ether oxygens (including phenoxy) is 1. The molecule has 230 valence electrons. The summed E-state index contributed by atoms with van der Waals surface area (Å²) in [7, 11) is 0. The van der Waals surface area contributed by atoms with Gasteiger partial charge in [0.05, 0.1) is 0 Å². The van der Waals surface area contributed by atoms with Gasteiger partial charge in [0, 0.05) is 30.8 Å². The first-order valence-corrected chi connectivity index (χ1v) is 15.2. The van der Waals surface area contributed by atoms with Crippen LogP contribution in [0.15, 0.2) is 140 Å². The SMILES string of the molecule is O=C([O-])C[C@H](CC(=O)NC(c1ccccc1)(c1ccccc1)c1ccccc1)NC(=O)OCC1c2ccccc2-c2ccccc21. The first-order valence-electron chi connectivity index (χ1n) is 15.2. The lowest BCUT2D eigenvalue weighted by atomic mass is 9.77. The van der Waals surface area contributed by atoms with Gasteiger partial charge in [0.1, 0.15) is 12.1 Å². The number of benzene rings is 5. The summed E-state index contributed by atoms with van der Waals surface area (Å²) in [5.74, 6) is -2.01. The van der Waals surface area contributed by atoms with Gasteiger partial charge in [-0.05, 0) is 38.9 Å². The molecule has 46 heavy (non-hydrogen) atoms. The fourth-order valence-corrected chi connectivity index (χ4v) is 6.45. The van der Waals surface area contributed by atoms with Crippen molar-refractivity contribution in [2.75, 3.05) is 6.61 Å². The molecule has 1 aliphatic rings. The lowest BCUT2D eigenvalue weighted by Crippen LogP contribution is -2.50. The minimum atomic E-state index is -1.39. The highest BCUT2D eigenvalue weighted by atomic mass is 16.5. The number of carbonyl (C=O) groups is 3. The maximum absolute atomic E-state index is 13.9. The number of aliphatic carboxylic acids is 1. The van der Waals surface area contributed by atoms with Crippen molar-refractivity contribution in [2.45, 2.75) is 30.3 Å². The normalized spacial score (nSPS) is 12.8. The van der Waals surface area contributed by atoms with Crippen LogP contribution in [0.4, 0.5) is 4.79 Å². The van der Waals surface area contributed by atoms with E-state index >= 15 is 0 Å². The smallest absolute Gasteiger partial charge is 0.407 e. The number of fused-ring (bicyclic) bond motifs is 3. The number of hydrogen-bond donors (Lipinski definition) is 2. The topological polar surface area (TPSA) is 108 Å². The Kier molecular flexibility index (Phi) is 8.92. The van der Waals surface area contributed by atoms with Crippen LogP contribution in [0.2, 0.25) is 0 Å². The molecular formula is C39H33N2O5-. The number of nitrogens with one attached hydrogen (secondary N) is 2. The van der Waals surface area contributed by atoms with E-state index in [0.29, 0.717) is 0 Å². The fourth-order valence-electron chi connectivity index (χ4n) is 6.45. The monoisotopic (exact) mass is 609 g/mol. The second kappa shape index (κ2) is 13.5. The van der Waals surface area contributed by atoms with Crippen molar-refractivity contribution in [3.8, 4) is 11.1 Å². The van der Waals surface area contributed by atoms with Crippen molar-refractivity contribution in [1.29, 1.82) is 0 Å². The van der Waals surface area contributed by atoms with Crippen molar-refractivity contribution < 1.29 is 24.2 Å². The highest BCUT2D eigenvalue weighted by molar-refractivity contribution is 5.82. The zero-order chi connectivity index (χ0) is 31.9. The van der Waals surface area contributed by atoms with E-state index in [0.717, 1.165) is 38.9 Å². The third-order valence-corrected chi connectivity index (χ3v) is 8.46. The summed E-state index contributed by atoms with van der Waals surface area (Å²) in [4.78, 5) is 38.7. The fraction of sp³-hybridized carbons (Fsp3) is 0.154. The number of carboxylic acids is 1. The number of amides is 2. The van der Waals surface area contributed by atoms with Crippen molar-refractivity contribution in [2.24, 2.45) is 0 Å². The lowest BCUT2D eigenvalue weighted by molar-refractivity contribution is -0.306. The van der Waals surface area contributed by atoms with Crippen LogP contribution in [0.3, 0.4) is 0 Å². The third kappa shape index (κ3) is 6.26. The summed E-state index contributed by atoms with van der Waals surface area (Å²) in [5, 5.41) is 17.6. The number of alkyl carbamates (subject to hydrolysis) is 1. The standard InChI is InChI=1S/C39H34N2O5/c42-36(41-39(27-14-4-1-5-15-27,28-16-6-2-7-17-28)29-18-8-3-9-19-29)24-30(25-37(43)44)40-38(45)46-26-35-33-22-12-10-20-31(33)32-21-11-13-23-34(32)35/h1-23,30,35H,24-26H2,(H,40,45)(H,41,42)(H,43,44)/p-1/t30-/m0/s1. The third-order valence-electron chi connectivity index (χ3n) is 8.46. The maximum Gasteiger partial charge on any atom is 0.407 e. The maximum atomic E-state index is 13.9. The van der Waals surface area contributed by atoms with Crippen molar-refractivity contribution in [3.05, 3.63) is 167 Å². The van der Waals surface area contributed by atoms with E-state index in [4.69, 9.17) is 4.74 Å². The molecule has 2 N–H and O–H groups in total. The molecule has 0 aromatic heterocycles. The van der Waals surface area contributed by atoms with Crippen LogP contribution in [-0.2, 0) is 19.9 Å². The molecule has 6 rings (SSSR count). The predicted octanol–water partition coefficient (Wildman–Crippen LogP) is 5.53. The Hall–Kier alpha value is -5.69. The zero-order valence-electron chi connectivity index (χ0n) is 25.1. The molecule has 0 bridgehead atoms. The van der Waals surface area contributed by atoms with Gasteiger partial charge in [0.15, 0.2) is 0 Å². The van der Waals surface area contributed by atoms with E-state index in [1.165, 1.54) is 0 Å². The Bertz CT molecular complexity index is 1680. The van der Waals surface area contributed by atoms with E-state index in [-0.39, 0.29) is 18.9 Å². The van der Waals surface area contributed by atoms with Crippen molar-refractivity contribution in [1.82, 2.24) is 10.6 Å². The Morgan fingerprint density at radius 1 is 0.630 bits per heavy atom. The van der Waals surface area contributed by atoms with Gasteiger partial charge in [-0.15, -0.1) is 0 Å². The summed E-state index contributed by atoms with van der Waals surface area (Å²) < 4.78 is 5.65.